The quantitative estimate of drug-likeness (QED) is 0.818. The highest BCUT2D eigenvalue weighted by Gasteiger charge is 2.22. The van der Waals surface area contributed by atoms with Crippen LogP contribution in [0.5, 0.6) is 0 Å². The first-order valence-corrected chi connectivity index (χ1v) is 7.17. The van der Waals surface area contributed by atoms with Crippen LogP contribution >= 0.6 is 0 Å². The number of pyridine rings is 1. The molecule has 114 valence electrons. The van der Waals surface area contributed by atoms with Crippen LogP contribution in [-0.2, 0) is 16.1 Å². The van der Waals surface area contributed by atoms with Crippen molar-refractivity contribution in [3.8, 4) is 0 Å². The van der Waals surface area contributed by atoms with Crippen molar-refractivity contribution in [1.82, 2.24) is 15.2 Å². The number of esters is 1. The van der Waals surface area contributed by atoms with Gasteiger partial charge in [0.15, 0.2) is 0 Å². The maximum atomic E-state index is 12.1. The lowest BCUT2D eigenvalue weighted by atomic mass is 10.2. The van der Waals surface area contributed by atoms with Crippen LogP contribution in [0.25, 0.3) is 0 Å². The second-order valence-corrected chi connectivity index (χ2v) is 5.16. The Balaban J connectivity index is 1.84. The van der Waals surface area contributed by atoms with E-state index in [0.717, 1.165) is 31.6 Å². The number of nitrogens with one attached hydrogen (secondary N) is 1. The smallest absolute Gasteiger partial charge is 0.339 e. The molecule has 1 aliphatic rings. The third kappa shape index (κ3) is 4.01. The summed E-state index contributed by atoms with van der Waals surface area (Å²) < 4.78 is 4.62. The predicted octanol–water partition coefficient (Wildman–Crippen LogP) is 0.969. The zero-order valence-electron chi connectivity index (χ0n) is 12.5. The highest BCUT2D eigenvalue weighted by atomic mass is 16.5. The number of carbonyl (C=O) groups excluding carboxylic acids is 2. The van der Waals surface area contributed by atoms with Crippen molar-refractivity contribution < 1.29 is 14.3 Å². The first-order chi connectivity index (χ1) is 10.1. The van der Waals surface area contributed by atoms with Crippen LogP contribution in [0.15, 0.2) is 18.3 Å². The summed E-state index contributed by atoms with van der Waals surface area (Å²) in [5, 5.41) is 3.17. The van der Waals surface area contributed by atoms with Gasteiger partial charge in [-0.05, 0) is 31.9 Å². The third-order valence-corrected chi connectivity index (χ3v) is 3.62. The van der Waals surface area contributed by atoms with E-state index in [1.54, 1.807) is 12.1 Å². The van der Waals surface area contributed by atoms with Crippen LogP contribution in [-0.4, -0.2) is 48.0 Å². The summed E-state index contributed by atoms with van der Waals surface area (Å²) in [4.78, 5) is 29.5. The molecule has 6 heteroatoms. The van der Waals surface area contributed by atoms with Crippen molar-refractivity contribution in [2.75, 3.05) is 20.2 Å². The molecule has 2 heterocycles. The summed E-state index contributed by atoms with van der Waals surface area (Å²) in [5.41, 5.74) is 1.20. The lowest BCUT2D eigenvalue weighted by molar-refractivity contribution is -0.132. The van der Waals surface area contributed by atoms with Gasteiger partial charge >= 0.3 is 5.97 Å². The summed E-state index contributed by atoms with van der Waals surface area (Å²) in [5.74, 6) is -0.265. The van der Waals surface area contributed by atoms with Crippen molar-refractivity contribution in [2.24, 2.45) is 0 Å². The third-order valence-electron chi connectivity index (χ3n) is 3.62. The number of methoxy groups -OCH3 is 1. The highest BCUT2D eigenvalue weighted by Crippen LogP contribution is 2.09. The predicted molar refractivity (Wildman–Crippen MR) is 77.7 cm³/mol. The molecule has 0 bridgehead atoms. The van der Waals surface area contributed by atoms with E-state index >= 15 is 0 Å². The minimum atomic E-state index is -0.403. The van der Waals surface area contributed by atoms with Crippen LogP contribution in [0.3, 0.4) is 0 Å². The van der Waals surface area contributed by atoms with E-state index < -0.39 is 5.97 Å². The molecule has 1 fully saturated rings. The minimum Gasteiger partial charge on any atom is -0.465 e. The standard InChI is InChI=1S/C15H21N3O3/c1-11(14(19)18-7-3-4-8-18)16-10-13-6-5-12(9-17-13)15(20)21-2/h5-6,9,11,16H,3-4,7-8,10H2,1-2H3. The van der Waals surface area contributed by atoms with E-state index in [2.05, 4.69) is 15.0 Å². The summed E-state index contributed by atoms with van der Waals surface area (Å²) in [6, 6.07) is 3.19. The molecule has 1 unspecified atom stereocenters. The Morgan fingerprint density at radius 1 is 1.38 bits per heavy atom. The largest absolute Gasteiger partial charge is 0.465 e. The topological polar surface area (TPSA) is 71.5 Å². The van der Waals surface area contributed by atoms with Crippen molar-refractivity contribution in [3.05, 3.63) is 29.6 Å². The molecule has 6 nitrogen and oxygen atoms in total. The molecule has 1 aromatic heterocycles. The van der Waals surface area contributed by atoms with Gasteiger partial charge < -0.3 is 15.0 Å². The monoisotopic (exact) mass is 291 g/mol. The van der Waals surface area contributed by atoms with Crippen molar-refractivity contribution in [2.45, 2.75) is 32.4 Å². The Hall–Kier alpha value is -1.95. The Labute approximate surface area is 124 Å². The molecule has 1 N–H and O–H groups in total. The van der Waals surface area contributed by atoms with Gasteiger partial charge in [-0.2, -0.15) is 0 Å². The fraction of sp³-hybridized carbons (Fsp3) is 0.533. The van der Waals surface area contributed by atoms with Gasteiger partial charge in [-0.1, -0.05) is 0 Å². The Bertz CT molecular complexity index is 495. The second-order valence-electron chi connectivity index (χ2n) is 5.16. The van der Waals surface area contributed by atoms with Crippen LogP contribution in [0, 0.1) is 0 Å². The van der Waals surface area contributed by atoms with Gasteiger partial charge in [-0.3, -0.25) is 9.78 Å². The van der Waals surface area contributed by atoms with Gasteiger partial charge in [0.25, 0.3) is 0 Å². The number of aromatic nitrogens is 1. The van der Waals surface area contributed by atoms with Crippen molar-refractivity contribution in [3.63, 3.8) is 0 Å². The molecule has 1 saturated heterocycles. The molecule has 0 radical (unpaired) electrons. The molecular formula is C15H21N3O3. The first kappa shape index (κ1) is 15.4. The molecule has 1 atom stereocenters. The van der Waals surface area contributed by atoms with Gasteiger partial charge in [0, 0.05) is 25.8 Å². The normalized spacial score (nSPS) is 15.8. The molecule has 0 aliphatic carbocycles. The van der Waals surface area contributed by atoms with Gasteiger partial charge in [0.05, 0.1) is 24.4 Å². The van der Waals surface area contributed by atoms with E-state index in [1.807, 2.05) is 11.8 Å². The van der Waals surface area contributed by atoms with Crippen LogP contribution in [0.2, 0.25) is 0 Å². The Morgan fingerprint density at radius 2 is 2.10 bits per heavy atom. The molecule has 1 aliphatic heterocycles. The number of rotatable bonds is 5. The second kappa shape index (κ2) is 7.17. The summed E-state index contributed by atoms with van der Waals surface area (Å²) in [6.45, 7) is 4.07. The molecule has 21 heavy (non-hydrogen) atoms. The van der Waals surface area contributed by atoms with Gasteiger partial charge in [-0.15, -0.1) is 0 Å². The van der Waals surface area contributed by atoms with Crippen LogP contribution in [0.4, 0.5) is 0 Å². The number of hydrogen-bond acceptors (Lipinski definition) is 5. The SMILES string of the molecule is COC(=O)c1ccc(CNC(C)C(=O)N2CCCC2)nc1. The molecule has 0 aromatic carbocycles. The van der Waals surface area contributed by atoms with Crippen LogP contribution < -0.4 is 5.32 Å². The first-order valence-electron chi connectivity index (χ1n) is 7.17. The van der Waals surface area contributed by atoms with Crippen molar-refractivity contribution >= 4 is 11.9 Å². The molecular weight excluding hydrogens is 270 g/mol. The molecule has 0 saturated carbocycles. The van der Waals surface area contributed by atoms with E-state index in [0.29, 0.717) is 12.1 Å². The number of nitrogens with zero attached hydrogens (tertiary/aromatic N) is 2. The van der Waals surface area contributed by atoms with E-state index in [4.69, 9.17) is 0 Å². The van der Waals surface area contributed by atoms with Gasteiger partial charge in [-0.25, -0.2) is 4.79 Å². The van der Waals surface area contributed by atoms with E-state index in [9.17, 15) is 9.59 Å². The van der Waals surface area contributed by atoms with Crippen molar-refractivity contribution in [1.29, 1.82) is 0 Å². The van der Waals surface area contributed by atoms with Crippen LogP contribution in [0.1, 0.15) is 35.8 Å². The molecule has 2 rings (SSSR count). The maximum absolute atomic E-state index is 12.1. The lowest BCUT2D eigenvalue weighted by Gasteiger charge is -2.21. The molecule has 1 aromatic rings. The van der Waals surface area contributed by atoms with Gasteiger partial charge in [0.2, 0.25) is 5.91 Å². The highest BCUT2D eigenvalue weighted by molar-refractivity contribution is 5.88. The number of ether oxygens (including phenoxy) is 1. The van der Waals surface area contributed by atoms with Gasteiger partial charge in [0.1, 0.15) is 0 Å². The zero-order chi connectivity index (χ0) is 15.2. The number of likely N-dealkylation sites (tertiary alicyclic amines) is 1. The lowest BCUT2D eigenvalue weighted by Crippen LogP contribution is -2.43. The van der Waals surface area contributed by atoms with E-state index in [-0.39, 0.29) is 11.9 Å². The average Bonchev–Trinajstić information content (AvgIpc) is 3.06. The van der Waals surface area contributed by atoms with E-state index in [1.165, 1.54) is 13.3 Å². The fourth-order valence-corrected chi connectivity index (χ4v) is 2.32. The number of hydrogen-bond donors (Lipinski definition) is 1. The maximum Gasteiger partial charge on any atom is 0.339 e. The Kier molecular flexibility index (Phi) is 5.27. The summed E-state index contributed by atoms with van der Waals surface area (Å²) in [6.07, 6.45) is 3.67. The fourth-order valence-electron chi connectivity index (χ4n) is 2.32. The minimum absolute atomic E-state index is 0.138. The molecule has 1 amide bonds. The number of amides is 1. The average molecular weight is 291 g/mol. The summed E-state index contributed by atoms with van der Waals surface area (Å²) >= 11 is 0. The Morgan fingerprint density at radius 3 is 2.67 bits per heavy atom. The zero-order valence-corrected chi connectivity index (χ0v) is 12.5. The number of carbonyl (C=O) groups is 2. The molecule has 0 spiro atoms. The summed E-state index contributed by atoms with van der Waals surface area (Å²) in [7, 11) is 1.34.